The average Bonchev–Trinajstić information content (AvgIpc) is 3.71. The number of nitrogens with zero attached hydrogens (tertiary/aromatic N) is 1. The van der Waals surface area contributed by atoms with Gasteiger partial charge in [-0.1, -0.05) is 6.07 Å². The van der Waals surface area contributed by atoms with Crippen LogP contribution in [-0.4, -0.2) is 28.6 Å². The molecule has 0 unspecified atom stereocenters. The standard InChI is InChI=1S/C27H19BrF8N2O4/c28-19-11-16(27(36,41)42)10-18(26(33,34)35)22(19)37-23(39)17-2-1-3-20(21(17)29)38(12-13-4-5-13)24(40)14-6-8-15(9-7-14)25(30,31)32/h1-3,6-11,13,41-42H,4-5,12H2,(H,37,39). The number of carbonyl (C=O) groups is 2. The van der Waals surface area contributed by atoms with E-state index >= 15 is 4.39 Å². The highest BCUT2D eigenvalue weighted by Gasteiger charge is 2.39. The normalized spacial score (nSPS) is 14.1. The van der Waals surface area contributed by atoms with Gasteiger partial charge in [0.2, 0.25) is 0 Å². The van der Waals surface area contributed by atoms with Crippen LogP contribution in [0.15, 0.2) is 59.1 Å². The van der Waals surface area contributed by atoms with E-state index in [4.69, 9.17) is 10.2 Å². The average molecular weight is 667 g/mol. The Morgan fingerprint density at radius 2 is 1.52 bits per heavy atom. The van der Waals surface area contributed by atoms with Crippen molar-refractivity contribution in [2.24, 2.45) is 5.92 Å². The van der Waals surface area contributed by atoms with Gasteiger partial charge in [0.25, 0.3) is 11.8 Å². The van der Waals surface area contributed by atoms with Crippen LogP contribution in [0.2, 0.25) is 0 Å². The number of rotatable bonds is 7. The Kier molecular flexibility index (Phi) is 8.41. The van der Waals surface area contributed by atoms with Crippen LogP contribution in [0.1, 0.15) is 50.2 Å². The molecule has 2 amide bonds. The SMILES string of the molecule is O=C(Nc1c(Br)cc(C(O)(O)F)cc1C(F)(F)F)c1cccc(N(CC2CC2)C(=O)c2ccc(C(F)(F)F)cc2)c1F. The minimum absolute atomic E-state index is 0.0413. The molecular formula is C27H19BrF8N2O4. The molecule has 1 saturated carbocycles. The van der Waals surface area contributed by atoms with E-state index in [1.807, 2.05) is 5.32 Å². The molecule has 42 heavy (non-hydrogen) atoms. The molecule has 0 bridgehead atoms. The molecule has 0 spiro atoms. The molecule has 0 saturated heterocycles. The van der Waals surface area contributed by atoms with Gasteiger partial charge in [0, 0.05) is 22.1 Å². The van der Waals surface area contributed by atoms with E-state index < -0.39 is 74.1 Å². The predicted octanol–water partition coefficient (Wildman–Crippen LogP) is 7.00. The van der Waals surface area contributed by atoms with Gasteiger partial charge in [0.05, 0.1) is 28.1 Å². The van der Waals surface area contributed by atoms with E-state index in [0.29, 0.717) is 31.0 Å². The summed E-state index contributed by atoms with van der Waals surface area (Å²) in [7, 11) is 0. The second-order valence-corrected chi connectivity index (χ2v) is 10.3. The molecule has 224 valence electrons. The summed E-state index contributed by atoms with van der Waals surface area (Å²) in [5.74, 6) is -3.62. The molecule has 3 aromatic carbocycles. The van der Waals surface area contributed by atoms with Crippen LogP contribution in [-0.2, 0) is 18.4 Å². The van der Waals surface area contributed by atoms with Gasteiger partial charge in [-0.25, -0.2) is 4.39 Å². The largest absolute Gasteiger partial charge is 0.418 e. The molecule has 0 heterocycles. The van der Waals surface area contributed by atoms with Gasteiger partial charge in [-0.2, -0.15) is 30.7 Å². The number of hydrogen-bond acceptors (Lipinski definition) is 4. The van der Waals surface area contributed by atoms with Crippen molar-refractivity contribution in [1.29, 1.82) is 0 Å². The number of anilines is 2. The molecule has 1 fully saturated rings. The number of benzene rings is 3. The monoisotopic (exact) mass is 666 g/mol. The smallest absolute Gasteiger partial charge is 0.336 e. The minimum atomic E-state index is -5.23. The number of nitrogens with one attached hydrogen (secondary N) is 1. The number of aliphatic hydroxyl groups is 2. The summed E-state index contributed by atoms with van der Waals surface area (Å²) in [6.45, 7) is -0.0413. The summed E-state index contributed by atoms with van der Waals surface area (Å²) in [5, 5.41) is 20.1. The van der Waals surface area contributed by atoms with Gasteiger partial charge in [-0.05, 0) is 83.2 Å². The second kappa shape index (κ2) is 11.3. The van der Waals surface area contributed by atoms with Crippen LogP contribution < -0.4 is 10.2 Å². The third-order valence-corrected chi connectivity index (χ3v) is 6.98. The quantitative estimate of drug-likeness (QED) is 0.187. The van der Waals surface area contributed by atoms with Crippen molar-refractivity contribution >= 4 is 39.1 Å². The second-order valence-electron chi connectivity index (χ2n) is 9.49. The summed E-state index contributed by atoms with van der Waals surface area (Å²) in [4.78, 5) is 27.2. The topological polar surface area (TPSA) is 89.9 Å². The van der Waals surface area contributed by atoms with E-state index in [0.717, 1.165) is 35.2 Å². The fourth-order valence-corrected chi connectivity index (χ4v) is 4.59. The van der Waals surface area contributed by atoms with Crippen LogP contribution in [0.3, 0.4) is 0 Å². The molecule has 0 atom stereocenters. The lowest BCUT2D eigenvalue weighted by Crippen LogP contribution is -2.34. The highest BCUT2D eigenvalue weighted by atomic mass is 79.9. The Labute approximate surface area is 240 Å². The fourth-order valence-electron chi connectivity index (χ4n) is 4.03. The zero-order chi connectivity index (χ0) is 31.2. The van der Waals surface area contributed by atoms with Gasteiger partial charge in [0.1, 0.15) is 0 Å². The van der Waals surface area contributed by atoms with Gasteiger partial charge in [0.15, 0.2) is 5.82 Å². The molecular weight excluding hydrogens is 648 g/mol. The van der Waals surface area contributed by atoms with Crippen molar-refractivity contribution in [1.82, 2.24) is 0 Å². The van der Waals surface area contributed by atoms with E-state index in [2.05, 4.69) is 15.9 Å². The number of hydrogen-bond donors (Lipinski definition) is 3. The summed E-state index contributed by atoms with van der Waals surface area (Å²) in [6.07, 6.45) is -8.52. The van der Waals surface area contributed by atoms with E-state index in [1.165, 1.54) is 0 Å². The molecule has 3 aromatic rings. The summed E-state index contributed by atoms with van der Waals surface area (Å²) in [5.41, 5.74) is -6.31. The van der Waals surface area contributed by atoms with E-state index in [9.17, 15) is 40.3 Å². The van der Waals surface area contributed by atoms with Crippen LogP contribution >= 0.6 is 15.9 Å². The van der Waals surface area contributed by atoms with Crippen LogP contribution in [0.5, 0.6) is 0 Å². The van der Waals surface area contributed by atoms with Crippen molar-refractivity contribution < 1.29 is 54.9 Å². The molecule has 0 aliphatic heterocycles. The lowest BCUT2D eigenvalue weighted by Gasteiger charge is -2.25. The Bertz CT molecular complexity index is 1510. The molecule has 4 rings (SSSR count). The third-order valence-electron chi connectivity index (χ3n) is 6.36. The first kappa shape index (κ1) is 31.4. The number of amides is 2. The number of alkyl halides is 7. The van der Waals surface area contributed by atoms with Crippen molar-refractivity contribution in [2.45, 2.75) is 31.2 Å². The van der Waals surface area contributed by atoms with Crippen molar-refractivity contribution in [3.05, 3.63) is 92.7 Å². The summed E-state index contributed by atoms with van der Waals surface area (Å²) < 4.78 is 109. The molecule has 15 heteroatoms. The van der Waals surface area contributed by atoms with Gasteiger partial charge in [-0.15, -0.1) is 0 Å². The predicted molar refractivity (Wildman–Crippen MR) is 137 cm³/mol. The van der Waals surface area contributed by atoms with Gasteiger partial charge < -0.3 is 20.4 Å². The molecule has 1 aliphatic carbocycles. The van der Waals surface area contributed by atoms with Crippen LogP contribution in [0, 0.1) is 11.7 Å². The minimum Gasteiger partial charge on any atom is -0.336 e. The van der Waals surface area contributed by atoms with Crippen molar-refractivity contribution in [3.63, 3.8) is 0 Å². The van der Waals surface area contributed by atoms with E-state index in [-0.39, 0.29) is 24.1 Å². The van der Waals surface area contributed by atoms with E-state index in [1.54, 1.807) is 0 Å². The van der Waals surface area contributed by atoms with Crippen LogP contribution in [0.25, 0.3) is 0 Å². The van der Waals surface area contributed by atoms with Crippen LogP contribution in [0.4, 0.5) is 46.5 Å². The summed E-state index contributed by atoms with van der Waals surface area (Å²) in [6, 6.07) is 2.90. The zero-order valence-corrected chi connectivity index (χ0v) is 22.5. The molecule has 0 aromatic heterocycles. The lowest BCUT2D eigenvalue weighted by molar-refractivity contribution is -0.270. The Morgan fingerprint density at radius 1 is 0.905 bits per heavy atom. The maximum Gasteiger partial charge on any atom is 0.418 e. The Balaban J connectivity index is 1.70. The zero-order valence-electron chi connectivity index (χ0n) is 21.0. The van der Waals surface area contributed by atoms with Gasteiger partial charge >= 0.3 is 18.4 Å². The molecule has 0 radical (unpaired) electrons. The first-order valence-corrected chi connectivity index (χ1v) is 12.8. The fraction of sp³-hybridized carbons (Fsp3) is 0.259. The highest BCUT2D eigenvalue weighted by molar-refractivity contribution is 9.10. The number of halogens is 9. The maximum atomic E-state index is 15.7. The third kappa shape index (κ3) is 6.90. The molecule has 6 nitrogen and oxygen atoms in total. The first-order valence-electron chi connectivity index (χ1n) is 12.0. The maximum absolute atomic E-state index is 15.7. The van der Waals surface area contributed by atoms with Crippen molar-refractivity contribution in [3.8, 4) is 0 Å². The lowest BCUT2D eigenvalue weighted by atomic mass is 10.1. The summed E-state index contributed by atoms with van der Waals surface area (Å²) >= 11 is 2.72. The molecule has 3 N–H and O–H groups in total. The highest BCUT2D eigenvalue weighted by Crippen LogP contribution is 2.42. The first-order chi connectivity index (χ1) is 19.4. The number of carbonyl (C=O) groups excluding carboxylic acids is 2. The van der Waals surface area contributed by atoms with Gasteiger partial charge in [-0.3, -0.25) is 9.59 Å². The van der Waals surface area contributed by atoms with Crippen molar-refractivity contribution in [2.75, 3.05) is 16.8 Å². The Morgan fingerprint density at radius 3 is 2.05 bits per heavy atom. The Hall–Kier alpha value is -3.56. The molecule has 1 aliphatic rings.